The van der Waals surface area contributed by atoms with Crippen molar-refractivity contribution in [3.05, 3.63) is 0 Å². The molecule has 1 saturated heterocycles. The van der Waals surface area contributed by atoms with Crippen LogP contribution >= 0.6 is 0 Å². The molecule has 136 valence electrons. The summed E-state index contributed by atoms with van der Waals surface area (Å²) in [5, 5.41) is 3.29. The first-order chi connectivity index (χ1) is 12.0. The summed E-state index contributed by atoms with van der Waals surface area (Å²) in [6.45, 7) is -0.0631. The summed E-state index contributed by atoms with van der Waals surface area (Å²) in [5.74, 6) is 1.66. The van der Waals surface area contributed by atoms with Crippen molar-refractivity contribution in [3.8, 4) is 0 Å². The highest BCUT2D eigenvalue weighted by Crippen LogP contribution is 2.55. The molecule has 5 nitrogen and oxygen atoms in total. The number of imide groups is 1. The zero-order valence-corrected chi connectivity index (χ0v) is 14.8. The zero-order chi connectivity index (χ0) is 17.2. The topological polar surface area (TPSA) is 66.5 Å². The van der Waals surface area contributed by atoms with Gasteiger partial charge in [-0.25, -0.2) is 0 Å². The molecule has 0 aromatic rings. The Hall–Kier alpha value is -1.39. The fourth-order valence-corrected chi connectivity index (χ4v) is 7.13. The van der Waals surface area contributed by atoms with E-state index in [2.05, 4.69) is 5.32 Å². The van der Waals surface area contributed by atoms with Crippen molar-refractivity contribution in [1.82, 2.24) is 10.2 Å². The third-order valence-electron chi connectivity index (χ3n) is 7.68. The molecule has 6 aliphatic rings. The average Bonchev–Trinajstić information content (AvgIpc) is 2.78. The number of hydrogen-bond acceptors (Lipinski definition) is 3. The number of rotatable bonds is 3. The number of carbonyl (C=O) groups excluding carboxylic acids is 3. The maximum absolute atomic E-state index is 12.7. The van der Waals surface area contributed by atoms with Crippen LogP contribution in [0.15, 0.2) is 0 Å². The third kappa shape index (κ3) is 2.53. The van der Waals surface area contributed by atoms with Gasteiger partial charge in [0.15, 0.2) is 0 Å². The molecule has 25 heavy (non-hydrogen) atoms. The molecule has 5 saturated carbocycles. The van der Waals surface area contributed by atoms with Crippen LogP contribution < -0.4 is 5.32 Å². The molecule has 1 heterocycles. The predicted octanol–water partition coefficient (Wildman–Crippen LogP) is 2.25. The number of hydrogen-bond donors (Lipinski definition) is 1. The van der Waals surface area contributed by atoms with E-state index in [-0.39, 0.29) is 41.6 Å². The lowest BCUT2D eigenvalue weighted by atomic mass is 9.53. The standard InChI is InChI=1S/C20H28N2O3/c23-17(11-22-18(24)15-3-1-2-4-16(15)19(22)25)21-20-8-12-5-13(9-20)7-14(6-12)10-20/h12-16H,1-11H2,(H,21,23). The summed E-state index contributed by atoms with van der Waals surface area (Å²) in [4.78, 5) is 39.1. The summed E-state index contributed by atoms with van der Waals surface area (Å²) in [6.07, 6.45) is 10.9. The van der Waals surface area contributed by atoms with Gasteiger partial charge in [-0.3, -0.25) is 19.3 Å². The lowest BCUT2D eigenvalue weighted by Crippen LogP contribution is -2.61. The Morgan fingerprint density at radius 2 is 1.40 bits per heavy atom. The Labute approximate surface area is 148 Å². The Morgan fingerprint density at radius 3 is 1.88 bits per heavy atom. The fraction of sp³-hybridized carbons (Fsp3) is 0.850. The highest BCUT2D eigenvalue weighted by Gasteiger charge is 2.52. The molecule has 0 aromatic carbocycles. The molecule has 6 rings (SSSR count). The average molecular weight is 344 g/mol. The highest BCUT2D eigenvalue weighted by atomic mass is 16.2. The van der Waals surface area contributed by atoms with E-state index in [4.69, 9.17) is 0 Å². The van der Waals surface area contributed by atoms with E-state index in [1.165, 1.54) is 24.2 Å². The van der Waals surface area contributed by atoms with E-state index in [9.17, 15) is 14.4 Å². The van der Waals surface area contributed by atoms with Gasteiger partial charge in [0, 0.05) is 5.54 Å². The molecule has 6 fully saturated rings. The maximum atomic E-state index is 12.7. The maximum Gasteiger partial charge on any atom is 0.240 e. The Balaban J connectivity index is 1.27. The normalized spacial score (nSPS) is 45.0. The van der Waals surface area contributed by atoms with Crippen LogP contribution in [0.4, 0.5) is 0 Å². The second-order valence-corrected chi connectivity index (χ2v) is 9.51. The monoisotopic (exact) mass is 344 g/mol. The molecule has 5 heteroatoms. The number of nitrogens with one attached hydrogen (secondary N) is 1. The van der Waals surface area contributed by atoms with Crippen LogP contribution in [-0.4, -0.2) is 34.7 Å². The van der Waals surface area contributed by atoms with Gasteiger partial charge in [-0.05, 0) is 69.1 Å². The van der Waals surface area contributed by atoms with Gasteiger partial charge in [-0.2, -0.15) is 0 Å². The van der Waals surface area contributed by atoms with Crippen molar-refractivity contribution in [1.29, 1.82) is 0 Å². The minimum Gasteiger partial charge on any atom is -0.349 e. The second kappa shape index (κ2) is 5.55. The van der Waals surface area contributed by atoms with Gasteiger partial charge in [-0.15, -0.1) is 0 Å². The van der Waals surface area contributed by atoms with Crippen LogP contribution in [0.5, 0.6) is 0 Å². The SMILES string of the molecule is O=C(CN1C(=O)C2CCCCC2C1=O)NC12CC3CC(CC(C3)C1)C2. The molecule has 0 aromatic heterocycles. The second-order valence-electron chi connectivity index (χ2n) is 9.51. The summed E-state index contributed by atoms with van der Waals surface area (Å²) in [7, 11) is 0. The van der Waals surface area contributed by atoms with Crippen molar-refractivity contribution in [2.45, 2.75) is 69.7 Å². The zero-order valence-electron chi connectivity index (χ0n) is 14.8. The van der Waals surface area contributed by atoms with E-state index in [1.54, 1.807) is 0 Å². The van der Waals surface area contributed by atoms with Crippen LogP contribution in [0.1, 0.15) is 64.2 Å². The predicted molar refractivity (Wildman–Crippen MR) is 91.2 cm³/mol. The van der Waals surface area contributed by atoms with Gasteiger partial charge in [-0.1, -0.05) is 12.8 Å². The highest BCUT2D eigenvalue weighted by molar-refractivity contribution is 6.07. The van der Waals surface area contributed by atoms with Gasteiger partial charge in [0.25, 0.3) is 0 Å². The third-order valence-corrected chi connectivity index (χ3v) is 7.68. The van der Waals surface area contributed by atoms with Crippen LogP contribution in [0.3, 0.4) is 0 Å². The Morgan fingerprint density at radius 1 is 0.920 bits per heavy atom. The van der Waals surface area contributed by atoms with Crippen molar-refractivity contribution in [2.24, 2.45) is 29.6 Å². The number of amides is 3. The number of fused-ring (bicyclic) bond motifs is 1. The van der Waals surface area contributed by atoms with E-state index in [0.717, 1.165) is 62.7 Å². The van der Waals surface area contributed by atoms with Crippen LogP contribution in [0.25, 0.3) is 0 Å². The molecule has 4 bridgehead atoms. The first-order valence-electron chi connectivity index (χ1n) is 10.2. The molecule has 1 N–H and O–H groups in total. The largest absolute Gasteiger partial charge is 0.349 e. The lowest BCUT2D eigenvalue weighted by molar-refractivity contribution is -0.145. The van der Waals surface area contributed by atoms with E-state index >= 15 is 0 Å². The minimum absolute atomic E-state index is 0.0512. The van der Waals surface area contributed by atoms with Gasteiger partial charge in [0.05, 0.1) is 11.8 Å². The molecule has 0 spiro atoms. The van der Waals surface area contributed by atoms with Gasteiger partial charge in [0.1, 0.15) is 6.54 Å². The van der Waals surface area contributed by atoms with E-state index in [0.29, 0.717) is 0 Å². The number of likely N-dealkylation sites (tertiary alicyclic amines) is 1. The van der Waals surface area contributed by atoms with Crippen LogP contribution in [0, 0.1) is 29.6 Å². The molecule has 5 aliphatic carbocycles. The Kier molecular flexibility index (Phi) is 3.52. The summed E-state index contributed by atoms with van der Waals surface area (Å²) < 4.78 is 0. The molecule has 1 aliphatic heterocycles. The number of carbonyl (C=O) groups is 3. The summed E-state index contributed by atoms with van der Waals surface area (Å²) in [5.41, 5.74) is -0.0512. The van der Waals surface area contributed by atoms with Gasteiger partial charge < -0.3 is 5.32 Å². The van der Waals surface area contributed by atoms with E-state index < -0.39 is 0 Å². The summed E-state index contributed by atoms with van der Waals surface area (Å²) in [6, 6.07) is 0. The smallest absolute Gasteiger partial charge is 0.240 e. The van der Waals surface area contributed by atoms with Crippen molar-refractivity contribution in [2.75, 3.05) is 6.54 Å². The molecule has 2 atom stereocenters. The molecular formula is C20H28N2O3. The van der Waals surface area contributed by atoms with Crippen molar-refractivity contribution >= 4 is 17.7 Å². The van der Waals surface area contributed by atoms with Crippen LogP contribution in [0.2, 0.25) is 0 Å². The van der Waals surface area contributed by atoms with E-state index in [1.807, 2.05) is 0 Å². The lowest BCUT2D eigenvalue weighted by Gasteiger charge is -2.57. The van der Waals surface area contributed by atoms with Crippen LogP contribution in [-0.2, 0) is 14.4 Å². The Bertz CT molecular complexity index is 569. The minimum atomic E-state index is -0.159. The quantitative estimate of drug-likeness (QED) is 0.799. The molecule has 0 radical (unpaired) electrons. The first kappa shape index (κ1) is 15.8. The fourth-order valence-electron chi connectivity index (χ4n) is 7.13. The molecular weight excluding hydrogens is 316 g/mol. The summed E-state index contributed by atoms with van der Waals surface area (Å²) >= 11 is 0. The first-order valence-corrected chi connectivity index (χ1v) is 10.2. The van der Waals surface area contributed by atoms with Crippen molar-refractivity contribution in [3.63, 3.8) is 0 Å². The van der Waals surface area contributed by atoms with Crippen molar-refractivity contribution < 1.29 is 14.4 Å². The molecule has 2 unspecified atom stereocenters. The van der Waals surface area contributed by atoms with Gasteiger partial charge in [0.2, 0.25) is 17.7 Å². The van der Waals surface area contributed by atoms with Gasteiger partial charge >= 0.3 is 0 Å². The molecule has 3 amide bonds. The number of nitrogens with zero attached hydrogens (tertiary/aromatic N) is 1.